The molecule has 94 valence electrons. The lowest BCUT2D eigenvalue weighted by atomic mass is 10.0. The Morgan fingerprint density at radius 3 is 2.76 bits per heavy atom. The number of ketones is 1. The Kier molecular flexibility index (Phi) is 5.17. The molecule has 0 fully saturated rings. The van der Waals surface area contributed by atoms with Crippen LogP contribution in [0.4, 0.5) is 8.78 Å². The van der Waals surface area contributed by atoms with E-state index < -0.39 is 29.0 Å². The van der Waals surface area contributed by atoms with Crippen molar-refractivity contribution in [1.29, 1.82) is 0 Å². The van der Waals surface area contributed by atoms with E-state index in [2.05, 4.69) is 15.9 Å². The summed E-state index contributed by atoms with van der Waals surface area (Å²) in [6.45, 7) is 0.254. The van der Waals surface area contributed by atoms with E-state index in [4.69, 9.17) is 10.5 Å². The van der Waals surface area contributed by atoms with Gasteiger partial charge in [0.25, 0.3) is 0 Å². The molecule has 1 rings (SSSR count). The van der Waals surface area contributed by atoms with Gasteiger partial charge in [0.2, 0.25) is 0 Å². The van der Waals surface area contributed by atoms with Crippen LogP contribution in [0.2, 0.25) is 0 Å². The molecule has 1 unspecified atom stereocenters. The maximum atomic E-state index is 13.6. The Bertz CT molecular complexity index is 426. The first-order chi connectivity index (χ1) is 7.99. The fourth-order valence-corrected chi connectivity index (χ4v) is 1.64. The predicted molar refractivity (Wildman–Crippen MR) is 62.9 cm³/mol. The molecule has 0 amide bonds. The molecule has 0 saturated carbocycles. The average molecular weight is 308 g/mol. The van der Waals surface area contributed by atoms with Crippen LogP contribution in [-0.2, 0) is 4.74 Å². The summed E-state index contributed by atoms with van der Waals surface area (Å²) < 4.78 is 31.8. The van der Waals surface area contributed by atoms with Gasteiger partial charge in [0.1, 0.15) is 5.82 Å². The molecule has 0 aliphatic carbocycles. The molecule has 1 aromatic carbocycles. The van der Waals surface area contributed by atoms with E-state index in [-0.39, 0.29) is 17.5 Å². The average Bonchev–Trinajstić information content (AvgIpc) is 2.31. The molecule has 1 atom stereocenters. The first-order valence-electron chi connectivity index (χ1n) is 4.91. The number of ether oxygens (including phenoxy) is 1. The largest absolute Gasteiger partial charge is 0.385 e. The van der Waals surface area contributed by atoms with E-state index in [1.165, 1.54) is 13.2 Å². The van der Waals surface area contributed by atoms with Crippen LogP contribution >= 0.6 is 15.9 Å². The molecular weight excluding hydrogens is 296 g/mol. The minimum atomic E-state index is -0.978. The molecule has 3 nitrogen and oxygen atoms in total. The number of nitrogens with two attached hydrogens (primary N) is 1. The smallest absolute Gasteiger partial charge is 0.185 e. The van der Waals surface area contributed by atoms with Gasteiger partial charge in [-0.05, 0) is 34.5 Å². The molecule has 0 bridgehead atoms. The zero-order valence-electron chi connectivity index (χ0n) is 9.17. The van der Waals surface area contributed by atoms with Gasteiger partial charge in [-0.3, -0.25) is 4.79 Å². The highest BCUT2D eigenvalue weighted by Gasteiger charge is 2.24. The standard InChI is InChI=1S/C11H12BrF2NO2/c1-17-5-4-8(15)11(16)9-7(13)3-2-6(12)10(9)14/h2-3,8H,4-5,15H2,1H3. The van der Waals surface area contributed by atoms with Crippen molar-refractivity contribution in [3.63, 3.8) is 0 Å². The lowest BCUT2D eigenvalue weighted by molar-refractivity contribution is 0.0927. The summed E-state index contributed by atoms with van der Waals surface area (Å²) in [6, 6.07) is 1.24. The van der Waals surface area contributed by atoms with Crippen LogP contribution in [0.5, 0.6) is 0 Å². The van der Waals surface area contributed by atoms with Gasteiger partial charge in [0, 0.05) is 13.7 Å². The van der Waals surface area contributed by atoms with Crippen molar-refractivity contribution >= 4 is 21.7 Å². The summed E-state index contributed by atoms with van der Waals surface area (Å²) in [5.41, 5.74) is 4.94. The normalized spacial score (nSPS) is 12.5. The third kappa shape index (κ3) is 3.31. The van der Waals surface area contributed by atoms with Gasteiger partial charge in [0.15, 0.2) is 11.6 Å². The van der Waals surface area contributed by atoms with E-state index in [0.717, 1.165) is 6.07 Å². The van der Waals surface area contributed by atoms with E-state index in [0.29, 0.717) is 0 Å². The first kappa shape index (κ1) is 14.2. The zero-order chi connectivity index (χ0) is 13.0. The van der Waals surface area contributed by atoms with Crippen molar-refractivity contribution in [2.24, 2.45) is 5.73 Å². The second-order valence-corrected chi connectivity index (χ2v) is 4.32. The van der Waals surface area contributed by atoms with Gasteiger partial charge < -0.3 is 10.5 Å². The SMILES string of the molecule is COCCC(N)C(=O)c1c(F)ccc(Br)c1F. The lowest BCUT2D eigenvalue weighted by Crippen LogP contribution is -2.33. The van der Waals surface area contributed by atoms with Crippen molar-refractivity contribution in [3.8, 4) is 0 Å². The van der Waals surface area contributed by atoms with Gasteiger partial charge in [-0.25, -0.2) is 8.78 Å². The number of benzene rings is 1. The topological polar surface area (TPSA) is 52.3 Å². The number of carbonyl (C=O) groups excluding carboxylic acids is 1. The minimum absolute atomic E-state index is 0.0289. The highest BCUT2D eigenvalue weighted by molar-refractivity contribution is 9.10. The summed E-state index contributed by atoms with van der Waals surface area (Å²) >= 11 is 2.89. The van der Waals surface area contributed by atoms with Crippen molar-refractivity contribution in [1.82, 2.24) is 0 Å². The number of halogens is 3. The molecule has 6 heteroatoms. The Morgan fingerprint density at radius 1 is 1.53 bits per heavy atom. The molecule has 0 aliphatic heterocycles. The van der Waals surface area contributed by atoms with Crippen LogP contribution in [0.3, 0.4) is 0 Å². The molecule has 0 spiro atoms. The van der Waals surface area contributed by atoms with E-state index in [1.54, 1.807) is 0 Å². The van der Waals surface area contributed by atoms with Crippen LogP contribution in [0.15, 0.2) is 16.6 Å². The molecular formula is C11H12BrF2NO2. The number of rotatable bonds is 5. The Morgan fingerprint density at radius 2 is 2.18 bits per heavy atom. The van der Waals surface area contributed by atoms with Crippen molar-refractivity contribution < 1.29 is 18.3 Å². The van der Waals surface area contributed by atoms with E-state index in [1.807, 2.05) is 0 Å². The Labute approximate surface area is 106 Å². The second kappa shape index (κ2) is 6.18. The molecule has 1 aromatic rings. The van der Waals surface area contributed by atoms with Gasteiger partial charge in [-0.2, -0.15) is 0 Å². The van der Waals surface area contributed by atoms with Crippen LogP contribution in [0.25, 0.3) is 0 Å². The quantitative estimate of drug-likeness (QED) is 0.670. The van der Waals surface area contributed by atoms with Gasteiger partial charge in [-0.1, -0.05) is 0 Å². The molecule has 0 saturated heterocycles. The molecule has 0 radical (unpaired) electrons. The van der Waals surface area contributed by atoms with Crippen LogP contribution in [0, 0.1) is 11.6 Å². The maximum Gasteiger partial charge on any atom is 0.185 e. The fourth-order valence-electron chi connectivity index (χ4n) is 1.31. The summed E-state index contributed by atoms with van der Waals surface area (Å²) in [4.78, 5) is 11.8. The third-order valence-electron chi connectivity index (χ3n) is 2.26. The summed E-state index contributed by atoms with van der Waals surface area (Å²) in [6.07, 6.45) is 0.209. The van der Waals surface area contributed by atoms with E-state index in [9.17, 15) is 13.6 Å². The zero-order valence-corrected chi connectivity index (χ0v) is 10.8. The van der Waals surface area contributed by atoms with Crippen LogP contribution in [0.1, 0.15) is 16.8 Å². The van der Waals surface area contributed by atoms with Crippen molar-refractivity contribution in [2.45, 2.75) is 12.5 Å². The van der Waals surface area contributed by atoms with E-state index >= 15 is 0 Å². The molecule has 0 heterocycles. The Hall–Kier alpha value is -0.850. The number of Topliss-reactive ketones (excluding diaryl/α,β-unsaturated/α-hetero) is 1. The molecule has 2 N–H and O–H groups in total. The van der Waals surface area contributed by atoms with Crippen LogP contribution in [-0.4, -0.2) is 25.5 Å². The fraction of sp³-hybridized carbons (Fsp3) is 0.364. The van der Waals surface area contributed by atoms with Gasteiger partial charge >= 0.3 is 0 Å². The number of methoxy groups -OCH3 is 1. The van der Waals surface area contributed by atoms with Crippen molar-refractivity contribution in [3.05, 3.63) is 33.8 Å². The highest BCUT2D eigenvalue weighted by atomic mass is 79.9. The summed E-state index contributed by atoms with van der Waals surface area (Å²) in [5.74, 6) is -2.61. The molecule has 0 aromatic heterocycles. The monoisotopic (exact) mass is 307 g/mol. The third-order valence-corrected chi connectivity index (χ3v) is 2.87. The molecule has 17 heavy (non-hydrogen) atoms. The van der Waals surface area contributed by atoms with Gasteiger partial charge in [0.05, 0.1) is 16.1 Å². The highest BCUT2D eigenvalue weighted by Crippen LogP contribution is 2.22. The predicted octanol–water partition coefficient (Wildman–Crippen LogP) is 2.27. The van der Waals surface area contributed by atoms with Crippen LogP contribution < -0.4 is 5.73 Å². The summed E-state index contributed by atoms with van der Waals surface area (Å²) in [5, 5.41) is 0. The second-order valence-electron chi connectivity index (χ2n) is 3.47. The number of hydrogen-bond donors (Lipinski definition) is 1. The van der Waals surface area contributed by atoms with Gasteiger partial charge in [-0.15, -0.1) is 0 Å². The maximum absolute atomic E-state index is 13.6. The first-order valence-corrected chi connectivity index (χ1v) is 5.70. The molecule has 0 aliphatic rings. The van der Waals surface area contributed by atoms with Crippen molar-refractivity contribution in [2.75, 3.05) is 13.7 Å². The minimum Gasteiger partial charge on any atom is -0.385 e. The summed E-state index contributed by atoms with van der Waals surface area (Å²) in [7, 11) is 1.46. The number of hydrogen-bond acceptors (Lipinski definition) is 3. The Balaban J connectivity index is 2.99. The lowest BCUT2D eigenvalue weighted by Gasteiger charge is -2.11. The number of carbonyl (C=O) groups is 1.